The van der Waals surface area contributed by atoms with Gasteiger partial charge >= 0.3 is 0 Å². The normalized spacial score (nSPS) is 10.9. The van der Waals surface area contributed by atoms with Crippen LogP contribution < -0.4 is 4.74 Å². The van der Waals surface area contributed by atoms with Crippen molar-refractivity contribution in [3.05, 3.63) is 52.3 Å². The van der Waals surface area contributed by atoms with Gasteiger partial charge in [-0.2, -0.15) is 0 Å². The maximum absolute atomic E-state index is 6.08. The molecule has 5 nitrogen and oxygen atoms in total. The largest absolute Gasteiger partial charge is 0.471 e. The average molecular weight is 309 g/mol. The van der Waals surface area contributed by atoms with Gasteiger partial charge in [0.25, 0.3) is 0 Å². The summed E-state index contributed by atoms with van der Waals surface area (Å²) in [5.74, 6) is 0.414. The van der Waals surface area contributed by atoms with E-state index in [1.54, 1.807) is 6.07 Å². The van der Waals surface area contributed by atoms with Gasteiger partial charge in [0.2, 0.25) is 5.88 Å². The summed E-state index contributed by atoms with van der Waals surface area (Å²) in [5, 5.41) is 1.04. The molecule has 3 rings (SSSR count). The number of imidazole rings is 1. The minimum Gasteiger partial charge on any atom is -0.471 e. The maximum atomic E-state index is 6.08. The van der Waals surface area contributed by atoms with E-state index in [1.165, 1.54) is 6.33 Å². The molecule has 0 saturated heterocycles. The summed E-state index contributed by atoms with van der Waals surface area (Å²) in [6, 6.07) is 5.24. The quantitative estimate of drug-likeness (QED) is 0.697. The Bertz CT molecular complexity index is 772. The van der Waals surface area contributed by atoms with Gasteiger partial charge in [0.15, 0.2) is 0 Å². The molecule has 0 unspecified atom stereocenters. The van der Waals surface area contributed by atoms with E-state index in [1.807, 2.05) is 29.7 Å². The molecule has 0 radical (unpaired) electrons. The van der Waals surface area contributed by atoms with Crippen molar-refractivity contribution in [3.63, 3.8) is 0 Å². The Balaban J connectivity index is 1.83. The Hall–Kier alpha value is -1.85. The Labute approximate surface area is 125 Å². The summed E-state index contributed by atoms with van der Waals surface area (Å²) in [6.07, 6.45) is 3.24. The minimum atomic E-state index is 0.298. The molecule has 0 saturated carbocycles. The molecule has 0 aromatic carbocycles. The average Bonchev–Trinajstić information content (AvgIpc) is 2.85. The number of pyridine rings is 1. The van der Waals surface area contributed by atoms with Crippen molar-refractivity contribution < 1.29 is 4.74 Å². The molecule has 0 aliphatic rings. The Morgan fingerprint density at radius 3 is 2.90 bits per heavy atom. The number of fused-ring (bicyclic) bond motifs is 1. The van der Waals surface area contributed by atoms with E-state index in [2.05, 4.69) is 15.0 Å². The zero-order valence-corrected chi connectivity index (χ0v) is 12.1. The number of ether oxygens (including phenoxy) is 1. The molecule has 3 aromatic rings. The number of aryl methyl sites for hydroxylation is 1. The second kappa shape index (κ2) is 5.26. The topological polar surface area (TPSA) is 52.3 Å². The second-order valence-corrected chi connectivity index (χ2v) is 4.99. The molecule has 0 spiro atoms. The first-order chi connectivity index (χ1) is 9.63. The van der Waals surface area contributed by atoms with Gasteiger partial charge in [0, 0.05) is 18.0 Å². The Morgan fingerprint density at radius 1 is 1.25 bits per heavy atom. The first-order valence-electron chi connectivity index (χ1n) is 5.87. The summed E-state index contributed by atoms with van der Waals surface area (Å²) in [6.45, 7) is 2.23. The van der Waals surface area contributed by atoms with Gasteiger partial charge < -0.3 is 9.14 Å². The highest BCUT2D eigenvalue weighted by molar-refractivity contribution is 6.31. The molecule has 0 amide bonds. The van der Waals surface area contributed by atoms with Crippen LogP contribution in [0.2, 0.25) is 10.2 Å². The van der Waals surface area contributed by atoms with E-state index in [4.69, 9.17) is 27.9 Å². The van der Waals surface area contributed by atoms with Crippen molar-refractivity contribution in [2.24, 2.45) is 0 Å². The van der Waals surface area contributed by atoms with Crippen LogP contribution >= 0.6 is 23.2 Å². The molecule has 7 heteroatoms. The molecule has 20 heavy (non-hydrogen) atoms. The molecule has 0 atom stereocenters. The predicted molar refractivity (Wildman–Crippen MR) is 76.3 cm³/mol. The van der Waals surface area contributed by atoms with Crippen LogP contribution in [-0.4, -0.2) is 19.4 Å². The van der Waals surface area contributed by atoms with E-state index in [9.17, 15) is 0 Å². The number of hydrogen-bond donors (Lipinski definition) is 0. The zero-order chi connectivity index (χ0) is 14.1. The highest BCUT2D eigenvalue weighted by Crippen LogP contribution is 2.18. The van der Waals surface area contributed by atoms with Crippen LogP contribution in [0.25, 0.3) is 5.65 Å². The number of halogens is 2. The first-order valence-corrected chi connectivity index (χ1v) is 6.62. The van der Waals surface area contributed by atoms with E-state index in [0.29, 0.717) is 22.7 Å². The maximum Gasteiger partial charge on any atom is 0.218 e. The van der Waals surface area contributed by atoms with Crippen molar-refractivity contribution in [2.45, 2.75) is 13.5 Å². The highest BCUT2D eigenvalue weighted by Gasteiger charge is 2.07. The van der Waals surface area contributed by atoms with Gasteiger partial charge in [0.1, 0.15) is 23.7 Å². The molecule has 0 aliphatic heterocycles. The van der Waals surface area contributed by atoms with Crippen LogP contribution in [0.1, 0.15) is 11.4 Å². The van der Waals surface area contributed by atoms with Gasteiger partial charge in [-0.1, -0.05) is 23.2 Å². The van der Waals surface area contributed by atoms with Crippen molar-refractivity contribution in [1.82, 2.24) is 19.4 Å². The van der Waals surface area contributed by atoms with E-state index in [-0.39, 0.29) is 0 Å². The number of rotatable bonds is 3. The van der Waals surface area contributed by atoms with Gasteiger partial charge in [-0.15, -0.1) is 0 Å². The van der Waals surface area contributed by atoms with Gasteiger partial charge in [0.05, 0.1) is 10.7 Å². The van der Waals surface area contributed by atoms with Crippen LogP contribution in [-0.2, 0) is 6.61 Å². The summed E-state index contributed by atoms with van der Waals surface area (Å²) < 4.78 is 7.45. The fourth-order valence-electron chi connectivity index (χ4n) is 1.83. The van der Waals surface area contributed by atoms with Crippen molar-refractivity contribution >= 4 is 28.8 Å². The number of nitrogens with zero attached hydrogens (tertiary/aromatic N) is 4. The second-order valence-electron chi connectivity index (χ2n) is 4.19. The molecule has 3 heterocycles. The van der Waals surface area contributed by atoms with Crippen LogP contribution in [0.3, 0.4) is 0 Å². The van der Waals surface area contributed by atoms with Crippen LogP contribution in [0.15, 0.2) is 30.7 Å². The molecular formula is C13H10Cl2N4O. The van der Waals surface area contributed by atoms with E-state index >= 15 is 0 Å². The van der Waals surface area contributed by atoms with Gasteiger partial charge in [-0.3, -0.25) is 0 Å². The lowest BCUT2D eigenvalue weighted by atomic mass is 10.4. The third-order valence-electron chi connectivity index (χ3n) is 2.85. The molecule has 0 fully saturated rings. The number of hydrogen-bond acceptors (Lipinski definition) is 4. The fraction of sp³-hybridized carbons (Fsp3) is 0.154. The lowest BCUT2D eigenvalue weighted by molar-refractivity contribution is 0.289. The molecule has 3 aromatic heterocycles. The summed E-state index contributed by atoms with van der Waals surface area (Å²) >= 11 is 11.8. The molecule has 0 bridgehead atoms. The Kier molecular flexibility index (Phi) is 3.46. The third kappa shape index (κ3) is 2.55. The van der Waals surface area contributed by atoms with Crippen molar-refractivity contribution in [3.8, 4) is 5.88 Å². The molecule has 102 valence electrons. The summed E-state index contributed by atoms with van der Waals surface area (Å²) in [4.78, 5) is 12.2. The lowest BCUT2D eigenvalue weighted by Crippen LogP contribution is -1.97. The van der Waals surface area contributed by atoms with Crippen LogP contribution in [0, 0.1) is 6.92 Å². The molecule has 0 N–H and O–H groups in total. The highest BCUT2D eigenvalue weighted by atomic mass is 35.5. The number of aromatic nitrogens is 4. The molecule has 0 aliphatic carbocycles. The third-order valence-corrected chi connectivity index (χ3v) is 3.45. The van der Waals surface area contributed by atoms with Crippen molar-refractivity contribution in [1.29, 1.82) is 0 Å². The van der Waals surface area contributed by atoms with Gasteiger partial charge in [-0.05, 0) is 19.1 Å². The SMILES string of the molecule is Cc1c(Cl)ccc2nc(COc3cc(Cl)ncn3)cn12. The van der Waals surface area contributed by atoms with Crippen molar-refractivity contribution in [2.75, 3.05) is 0 Å². The van der Waals surface area contributed by atoms with E-state index in [0.717, 1.165) is 17.0 Å². The smallest absolute Gasteiger partial charge is 0.218 e. The van der Waals surface area contributed by atoms with Crippen LogP contribution in [0.5, 0.6) is 5.88 Å². The predicted octanol–water partition coefficient (Wildman–Crippen LogP) is 3.32. The first kappa shape index (κ1) is 13.1. The standard InChI is InChI=1S/C13H10Cl2N4O/c1-8-10(14)2-3-12-18-9(5-19(8)12)6-20-13-4-11(15)16-7-17-13/h2-5,7H,6H2,1H3. The zero-order valence-electron chi connectivity index (χ0n) is 10.5. The summed E-state index contributed by atoms with van der Waals surface area (Å²) in [5.41, 5.74) is 2.55. The van der Waals surface area contributed by atoms with Gasteiger partial charge in [-0.25, -0.2) is 15.0 Å². The molecular weight excluding hydrogens is 299 g/mol. The fourth-order valence-corrected chi connectivity index (χ4v) is 2.12. The lowest BCUT2D eigenvalue weighted by Gasteiger charge is -2.02. The Morgan fingerprint density at radius 2 is 2.10 bits per heavy atom. The van der Waals surface area contributed by atoms with E-state index < -0.39 is 0 Å². The summed E-state index contributed by atoms with van der Waals surface area (Å²) in [7, 11) is 0. The monoisotopic (exact) mass is 308 g/mol. The minimum absolute atomic E-state index is 0.298. The van der Waals surface area contributed by atoms with Crippen LogP contribution in [0.4, 0.5) is 0 Å².